The molecular formula is C24H29FN8. The molecular weight excluding hydrogens is 419 g/mol. The number of fused-ring (bicyclic) bond motifs is 1. The lowest BCUT2D eigenvalue weighted by atomic mass is 10.3. The van der Waals surface area contributed by atoms with Gasteiger partial charge in [-0.15, -0.1) is 5.10 Å². The van der Waals surface area contributed by atoms with Crippen molar-refractivity contribution < 1.29 is 4.39 Å². The number of halogens is 1. The third kappa shape index (κ3) is 4.58. The Balaban J connectivity index is 0.000000144. The third-order valence-electron chi connectivity index (χ3n) is 6.10. The fraction of sp³-hybridized carbons (Fsp3) is 0.458. The minimum absolute atomic E-state index is 0.360. The summed E-state index contributed by atoms with van der Waals surface area (Å²) in [7, 11) is 2.13. The SMILES string of the molecule is Cc1nc(C)n(-c2ccnc(N3CCC(F)C3)n2)n1.Cn1c(C2CC2)nc2c1C=CCC=C2. The summed E-state index contributed by atoms with van der Waals surface area (Å²) in [5.41, 5.74) is 2.41. The number of hydrogen-bond acceptors (Lipinski definition) is 6. The van der Waals surface area contributed by atoms with Crippen molar-refractivity contribution in [2.24, 2.45) is 7.05 Å². The van der Waals surface area contributed by atoms with Crippen LogP contribution in [0.1, 0.15) is 60.5 Å². The molecule has 3 aliphatic rings. The topological polar surface area (TPSA) is 77.5 Å². The Hall–Kier alpha value is -3.36. The van der Waals surface area contributed by atoms with Gasteiger partial charge in [-0.25, -0.2) is 19.3 Å². The van der Waals surface area contributed by atoms with Crippen LogP contribution in [0.2, 0.25) is 0 Å². The Kier molecular flexibility index (Phi) is 5.78. The van der Waals surface area contributed by atoms with Crippen molar-refractivity contribution in [1.82, 2.24) is 34.3 Å². The van der Waals surface area contributed by atoms with Crippen molar-refractivity contribution in [2.45, 2.75) is 51.6 Å². The Morgan fingerprint density at radius 3 is 2.55 bits per heavy atom. The maximum Gasteiger partial charge on any atom is 0.227 e. The van der Waals surface area contributed by atoms with Gasteiger partial charge >= 0.3 is 0 Å². The third-order valence-corrected chi connectivity index (χ3v) is 6.10. The Morgan fingerprint density at radius 1 is 1.03 bits per heavy atom. The summed E-state index contributed by atoms with van der Waals surface area (Å²) >= 11 is 0. The van der Waals surface area contributed by atoms with Crippen molar-refractivity contribution in [1.29, 1.82) is 0 Å². The summed E-state index contributed by atoms with van der Waals surface area (Å²) in [5, 5.41) is 4.29. The fourth-order valence-electron chi connectivity index (χ4n) is 4.26. The molecule has 6 rings (SSSR count). The highest BCUT2D eigenvalue weighted by Gasteiger charge is 2.29. The molecule has 4 heterocycles. The van der Waals surface area contributed by atoms with Crippen LogP contribution in [-0.4, -0.2) is 53.5 Å². The monoisotopic (exact) mass is 448 g/mol. The number of aryl methyl sites for hydroxylation is 2. The van der Waals surface area contributed by atoms with Gasteiger partial charge in [0.05, 0.1) is 17.9 Å². The van der Waals surface area contributed by atoms with E-state index in [-0.39, 0.29) is 0 Å². The van der Waals surface area contributed by atoms with Gasteiger partial charge in [0.15, 0.2) is 5.82 Å². The molecule has 8 nitrogen and oxygen atoms in total. The lowest BCUT2D eigenvalue weighted by Gasteiger charge is -2.15. The molecule has 1 unspecified atom stereocenters. The average Bonchev–Trinajstić information content (AvgIpc) is 3.44. The Bertz CT molecular complexity index is 1200. The quantitative estimate of drug-likeness (QED) is 0.604. The van der Waals surface area contributed by atoms with E-state index in [2.05, 4.69) is 56.0 Å². The standard InChI is InChI=1S/C12H15FN6.C12H14N2/c1-8-15-9(2)19(17-8)11-3-5-14-12(16-11)18-6-4-10(13)7-18;1-14-11-6-4-2-3-5-10(11)13-12(14)9-7-8-9/h3,5,10H,4,6-7H2,1-2H3;3-6,9H,2,7-8H2,1H3. The van der Waals surface area contributed by atoms with E-state index >= 15 is 0 Å². The zero-order valence-corrected chi connectivity index (χ0v) is 19.3. The first-order valence-corrected chi connectivity index (χ1v) is 11.5. The lowest BCUT2D eigenvalue weighted by molar-refractivity contribution is 0.364. The second-order valence-electron chi connectivity index (χ2n) is 8.78. The molecule has 1 saturated carbocycles. The minimum atomic E-state index is -0.789. The van der Waals surface area contributed by atoms with E-state index in [1.807, 2.05) is 18.7 Å². The van der Waals surface area contributed by atoms with Crippen molar-refractivity contribution in [3.63, 3.8) is 0 Å². The predicted octanol–water partition coefficient (Wildman–Crippen LogP) is 3.95. The van der Waals surface area contributed by atoms with Crippen molar-refractivity contribution >= 4 is 18.1 Å². The van der Waals surface area contributed by atoms with E-state index in [1.54, 1.807) is 16.9 Å². The molecule has 2 aliphatic carbocycles. The Labute approximate surface area is 192 Å². The molecule has 0 amide bonds. The van der Waals surface area contributed by atoms with Gasteiger partial charge in [0.25, 0.3) is 0 Å². The van der Waals surface area contributed by atoms with Gasteiger partial charge in [0.1, 0.15) is 23.6 Å². The van der Waals surface area contributed by atoms with E-state index in [1.165, 1.54) is 24.4 Å². The minimum Gasteiger partial charge on any atom is -0.338 e. The summed E-state index contributed by atoms with van der Waals surface area (Å²) in [6, 6.07) is 1.77. The molecule has 0 bridgehead atoms. The van der Waals surface area contributed by atoms with E-state index < -0.39 is 6.17 Å². The lowest BCUT2D eigenvalue weighted by Crippen LogP contribution is -2.23. The molecule has 0 radical (unpaired) electrons. The van der Waals surface area contributed by atoms with Crippen molar-refractivity contribution in [3.05, 3.63) is 53.3 Å². The van der Waals surface area contributed by atoms with Crippen LogP contribution >= 0.6 is 0 Å². The molecule has 0 aromatic carbocycles. The van der Waals surface area contributed by atoms with Crippen molar-refractivity contribution in [3.8, 4) is 5.82 Å². The number of nitrogens with zero attached hydrogens (tertiary/aromatic N) is 8. The first-order chi connectivity index (χ1) is 16.0. The van der Waals surface area contributed by atoms with Crippen LogP contribution in [-0.2, 0) is 7.05 Å². The predicted molar refractivity (Wildman–Crippen MR) is 126 cm³/mol. The molecule has 1 aliphatic heterocycles. The van der Waals surface area contributed by atoms with Gasteiger partial charge < -0.3 is 9.47 Å². The average molecular weight is 449 g/mol. The molecule has 3 aromatic rings. The van der Waals surface area contributed by atoms with Gasteiger partial charge in [-0.2, -0.15) is 9.67 Å². The summed E-state index contributed by atoms with van der Waals surface area (Å²) in [4.78, 5) is 19.4. The molecule has 33 heavy (non-hydrogen) atoms. The number of anilines is 1. The molecule has 1 atom stereocenters. The van der Waals surface area contributed by atoms with Crippen LogP contribution in [0.25, 0.3) is 18.0 Å². The van der Waals surface area contributed by atoms with Crippen LogP contribution in [0.3, 0.4) is 0 Å². The number of rotatable bonds is 3. The number of imidazole rings is 1. The fourth-order valence-corrected chi connectivity index (χ4v) is 4.26. The summed E-state index contributed by atoms with van der Waals surface area (Å²) in [6.45, 7) is 4.72. The Morgan fingerprint density at radius 2 is 1.85 bits per heavy atom. The van der Waals surface area contributed by atoms with Crippen LogP contribution in [0.15, 0.2) is 24.4 Å². The van der Waals surface area contributed by atoms with E-state index in [4.69, 9.17) is 4.98 Å². The van der Waals surface area contributed by atoms with Crippen LogP contribution in [0.5, 0.6) is 0 Å². The second kappa shape index (κ2) is 8.88. The highest BCUT2D eigenvalue weighted by atomic mass is 19.1. The maximum atomic E-state index is 13.2. The normalized spacial score (nSPS) is 19.3. The largest absolute Gasteiger partial charge is 0.338 e. The number of hydrogen-bond donors (Lipinski definition) is 0. The van der Waals surface area contributed by atoms with E-state index in [0.29, 0.717) is 37.1 Å². The summed E-state index contributed by atoms with van der Waals surface area (Å²) in [5.74, 6) is 4.67. The first kappa shape index (κ1) is 21.5. The zero-order valence-electron chi connectivity index (χ0n) is 19.3. The van der Waals surface area contributed by atoms with Gasteiger partial charge in [0, 0.05) is 31.8 Å². The smallest absolute Gasteiger partial charge is 0.227 e. The van der Waals surface area contributed by atoms with Crippen LogP contribution in [0, 0.1) is 13.8 Å². The molecule has 0 spiro atoms. The highest BCUT2D eigenvalue weighted by molar-refractivity contribution is 5.63. The zero-order chi connectivity index (χ0) is 22.9. The highest BCUT2D eigenvalue weighted by Crippen LogP contribution is 2.40. The second-order valence-corrected chi connectivity index (χ2v) is 8.78. The van der Waals surface area contributed by atoms with Gasteiger partial charge in [-0.05, 0) is 51.7 Å². The molecule has 172 valence electrons. The van der Waals surface area contributed by atoms with Gasteiger partial charge in [-0.3, -0.25) is 0 Å². The van der Waals surface area contributed by atoms with Crippen molar-refractivity contribution in [2.75, 3.05) is 18.0 Å². The maximum absolute atomic E-state index is 13.2. The molecule has 0 N–H and O–H groups in total. The van der Waals surface area contributed by atoms with Gasteiger partial charge in [0.2, 0.25) is 5.95 Å². The molecule has 2 fully saturated rings. The summed E-state index contributed by atoms with van der Waals surface area (Å²) < 4.78 is 17.1. The summed E-state index contributed by atoms with van der Waals surface area (Å²) in [6.07, 6.45) is 13.8. The number of aromatic nitrogens is 7. The molecule has 9 heteroatoms. The number of allylic oxidation sites excluding steroid dienone is 2. The first-order valence-electron chi connectivity index (χ1n) is 11.5. The van der Waals surface area contributed by atoms with Crippen LogP contribution in [0.4, 0.5) is 10.3 Å². The van der Waals surface area contributed by atoms with Crippen LogP contribution < -0.4 is 4.90 Å². The van der Waals surface area contributed by atoms with E-state index in [0.717, 1.165) is 23.9 Å². The number of alkyl halides is 1. The van der Waals surface area contributed by atoms with Gasteiger partial charge in [-0.1, -0.05) is 12.2 Å². The molecule has 1 saturated heterocycles. The van der Waals surface area contributed by atoms with E-state index in [9.17, 15) is 4.39 Å². The molecule has 3 aromatic heterocycles.